The molecular weight excluding hydrogens is 244 g/mol. The van der Waals surface area contributed by atoms with Gasteiger partial charge in [0.2, 0.25) is 11.8 Å². The molecule has 0 aromatic heterocycles. The first-order valence-electron chi connectivity index (χ1n) is 7.40. The highest BCUT2D eigenvalue weighted by Gasteiger charge is 2.62. The van der Waals surface area contributed by atoms with Crippen LogP contribution in [0.5, 0.6) is 0 Å². The molecule has 106 valence electrons. The second-order valence-corrected chi connectivity index (χ2v) is 5.70. The zero-order valence-corrected chi connectivity index (χ0v) is 11.7. The van der Waals surface area contributed by atoms with Crippen LogP contribution in [0, 0.1) is 11.8 Å². The van der Waals surface area contributed by atoms with Crippen LogP contribution in [-0.4, -0.2) is 60.0 Å². The van der Waals surface area contributed by atoms with Crippen molar-refractivity contribution in [3.8, 4) is 0 Å². The molecule has 3 aliphatic heterocycles. The van der Waals surface area contributed by atoms with Crippen molar-refractivity contribution in [1.82, 2.24) is 9.80 Å². The fourth-order valence-corrected chi connectivity index (χ4v) is 3.78. The summed E-state index contributed by atoms with van der Waals surface area (Å²) in [5.41, 5.74) is 0. The molecule has 0 N–H and O–H groups in total. The Balaban J connectivity index is 1.68. The number of rotatable bonds is 5. The molecule has 0 spiro atoms. The van der Waals surface area contributed by atoms with Gasteiger partial charge < -0.3 is 9.64 Å². The van der Waals surface area contributed by atoms with Crippen molar-refractivity contribution in [2.24, 2.45) is 11.8 Å². The number of carbonyl (C=O) groups excluding carboxylic acids is 2. The Kier molecular flexibility index (Phi) is 3.35. The molecule has 5 heteroatoms. The topological polar surface area (TPSA) is 49.9 Å². The molecule has 0 aromatic carbocycles. The third kappa shape index (κ3) is 1.91. The van der Waals surface area contributed by atoms with E-state index in [-0.39, 0.29) is 35.9 Å². The second-order valence-electron chi connectivity index (χ2n) is 5.70. The number of fused-ring (bicyclic) bond motifs is 5. The number of nitrogens with zero attached hydrogens (tertiary/aromatic N) is 2. The van der Waals surface area contributed by atoms with Gasteiger partial charge in [-0.2, -0.15) is 0 Å². The van der Waals surface area contributed by atoms with Gasteiger partial charge in [-0.05, 0) is 25.9 Å². The Hall–Kier alpha value is -0.940. The average molecular weight is 266 g/mol. The fourth-order valence-electron chi connectivity index (χ4n) is 3.78. The third-order valence-electron chi connectivity index (χ3n) is 4.91. The van der Waals surface area contributed by atoms with Crippen molar-refractivity contribution in [1.29, 1.82) is 0 Å². The first-order chi connectivity index (χ1) is 9.17. The molecule has 0 radical (unpaired) electrons. The third-order valence-corrected chi connectivity index (χ3v) is 4.91. The summed E-state index contributed by atoms with van der Waals surface area (Å²) in [5, 5.41) is 0. The van der Waals surface area contributed by atoms with Crippen LogP contribution in [0.2, 0.25) is 0 Å². The van der Waals surface area contributed by atoms with Crippen molar-refractivity contribution in [3.63, 3.8) is 0 Å². The number of likely N-dealkylation sites (tertiary alicyclic amines) is 1. The standard InChI is InChI=1S/C14H22N2O3/c1-3-15(4-2)7-8-16-13(17)11-9-5-6-10(19-9)12(11)14(16)18/h9-12H,3-8H2,1-2H3. The minimum atomic E-state index is -0.178. The van der Waals surface area contributed by atoms with Crippen LogP contribution in [0.4, 0.5) is 0 Å². The lowest BCUT2D eigenvalue weighted by Gasteiger charge is -2.23. The van der Waals surface area contributed by atoms with E-state index >= 15 is 0 Å². The first kappa shape index (κ1) is 13.1. The summed E-state index contributed by atoms with van der Waals surface area (Å²) in [6.07, 6.45) is 1.89. The summed E-state index contributed by atoms with van der Waals surface area (Å²) in [6.45, 7) is 7.41. The monoisotopic (exact) mass is 266 g/mol. The molecule has 19 heavy (non-hydrogen) atoms. The minimum Gasteiger partial charge on any atom is -0.373 e. The van der Waals surface area contributed by atoms with Gasteiger partial charge in [-0.15, -0.1) is 0 Å². The smallest absolute Gasteiger partial charge is 0.235 e. The molecule has 0 aliphatic carbocycles. The van der Waals surface area contributed by atoms with Gasteiger partial charge in [0.15, 0.2) is 0 Å². The average Bonchev–Trinajstić information content (AvgIpc) is 3.08. The number of hydrogen-bond donors (Lipinski definition) is 0. The number of ether oxygens (including phenoxy) is 1. The van der Waals surface area contributed by atoms with E-state index in [0.717, 1.165) is 32.5 Å². The highest BCUT2D eigenvalue weighted by Crippen LogP contribution is 2.48. The summed E-state index contributed by atoms with van der Waals surface area (Å²) in [4.78, 5) is 28.5. The molecule has 4 unspecified atom stereocenters. The van der Waals surface area contributed by atoms with Gasteiger partial charge in [0.1, 0.15) is 0 Å². The fraction of sp³-hybridized carbons (Fsp3) is 0.857. The predicted molar refractivity (Wildman–Crippen MR) is 69.4 cm³/mol. The predicted octanol–water partition coefficient (Wildman–Crippen LogP) is 0.491. The lowest BCUT2D eigenvalue weighted by molar-refractivity contribution is -0.142. The second kappa shape index (κ2) is 4.87. The molecule has 3 rings (SSSR count). The van der Waals surface area contributed by atoms with Gasteiger partial charge in [-0.3, -0.25) is 14.5 Å². The summed E-state index contributed by atoms with van der Waals surface area (Å²) in [7, 11) is 0. The zero-order valence-electron chi connectivity index (χ0n) is 11.7. The summed E-state index contributed by atoms with van der Waals surface area (Å²) < 4.78 is 5.72. The normalized spacial score (nSPS) is 36.7. The minimum absolute atomic E-state index is 0.00454. The van der Waals surface area contributed by atoms with Crippen LogP contribution >= 0.6 is 0 Å². The molecule has 0 saturated carbocycles. The van der Waals surface area contributed by atoms with Gasteiger partial charge in [0.25, 0.3) is 0 Å². The van der Waals surface area contributed by atoms with Crippen LogP contribution in [0.15, 0.2) is 0 Å². The van der Waals surface area contributed by atoms with Gasteiger partial charge in [-0.25, -0.2) is 0 Å². The van der Waals surface area contributed by atoms with E-state index in [1.165, 1.54) is 4.90 Å². The van der Waals surface area contributed by atoms with Crippen molar-refractivity contribution in [3.05, 3.63) is 0 Å². The Morgan fingerprint density at radius 2 is 1.63 bits per heavy atom. The maximum Gasteiger partial charge on any atom is 0.235 e. The number of likely N-dealkylation sites (N-methyl/N-ethyl adjacent to an activating group) is 1. The molecular formula is C14H22N2O3. The maximum atomic E-state index is 12.4. The molecule has 3 saturated heterocycles. The van der Waals surface area contributed by atoms with Crippen LogP contribution in [-0.2, 0) is 14.3 Å². The van der Waals surface area contributed by atoms with Crippen molar-refractivity contribution >= 4 is 11.8 Å². The van der Waals surface area contributed by atoms with Crippen molar-refractivity contribution in [2.75, 3.05) is 26.2 Å². The van der Waals surface area contributed by atoms with Crippen LogP contribution < -0.4 is 0 Å². The Bertz CT molecular complexity index is 366. The molecule has 3 heterocycles. The Morgan fingerprint density at radius 1 is 1.11 bits per heavy atom. The van der Waals surface area contributed by atoms with Crippen LogP contribution in [0.25, 0.3) is 0 Å². The largest absolute Gasteiger partial charge is 0.373 e. The highest BCUT2D eigenvalue weighted by atomic mass is 16.5. The molecule has 3 fully saturated rings. The quantitative estimate of drug-likeness (QED) is 0.680. The molecule has 5 nitrogen and oxygen atoms in total. The van der Waals surface area contributed by atoms with E-state index in [1.807, 2.05) is 0 Å². The van der Waals surface area contributed by atoms with E-state index in [4.69, 9.17) is 4.74 Å². The van der Waals surface area contributed by atoms with Gasteiger partial charge in [0, 0.05) is 13.1 Å². The van der Waals surface area contributed by atoms with Crippen LogP contribution in [0.3, 0.4) is 0 Å². The Labute approximate surface area is 113 Å². The number of hydrogen-bond acceptors (Lipinski definition) is 4. The van der Waals surface area contributed by atoms with E-state index in [9.17, 15) is 9.59 Å². The van der Waals surface area contributed by atoms with Crippen LogP contribution in [0.1, 0.15) is 26.7 Å². The van der Waals surface area contributed by atoms with E-state index in [0.29, 0.717) is 6.54 Å². The summed E-state index contributed by atoms with van der Waals surface area (Å²) in [5.74, 6) is -0.338. The molecule has 4 atom stereocenters. The number of imide groups is 1. The van der Waals surface area contributed by atoms with E-state index in [2.05, 4.69) is 18.7 Å². The highest BCUT2D eigenvalue weighted by molar-refractivity contribution is 6.06. The SMILES string of the molecule is CCN(CC)CCN1C(=O)C2C3CCC(O3)C2C1=O. The molecule has 2 bridgehead atoms. The first-order valence-corrected chi connectivity index (χ1v) is 7.40. The van der Waals surface area contributed by atoms with Gasteiger partial charge in [0.05, 0.1) is 24.0 Å². The summed E-state index contributed by atoms with van der Waals surface area (Å²) in [6, 6.07) is 0. The number of carbonyl (C=O) groups is 2. The van der Waals surface area contributed by atoms with E-state index < -0.39 is 0 Å². The van der Waals surface area contributed by atoms with Gasteiger partial charge in [-0.1, -0.05) is 13.8 Å². The summed E-state index contributed by atoms with van der Waals surface area (Å²) >= 11 is 0. The Morgan fingerprint density at radius 3 is 2.11 bits per heavy atom. The molecule has 3 aliphatic rings. The molecule has 2 amide bonds. The van der Waals surface area contributed by atoms with Crippen molar-refractivity contribution in [2.45, 2.75) is 38.9 Å². The molecule has 0 aromatic rings. The van der Waals surface area contributed by atoms with Gasteiger partial charge >= 0.3 is 0 Å². The lowest BCUT2D eigenvalue weighted by atomic mass is 9.81. The zero-order chi connectivity index (χ0) is 13.6. The maximum absolute atomic E-state index is 12.4. The van der Waals surface area contributed by atoms with E-state index in [1.54, 1.807) is 0 Å². The lowest BCUT2D eigenvalue weighted by Crippen LogP contribution is -2.40. The van der Waals surface area contributed by atoms with Crippen molar-refractivity contribution < 1.29 is 14.3 Å². The number of amides is 2.